The van der Waals surface area contributed by atoms with Gasteiger partial charge in [0.2, 0.25) is 11.8 Å². The Kier molecular flexibility index (Phi) is 4.88. The van der Waals surface area contributed by atoms with Crippen LogP contribution in [0.5, 0.6) is 0 Å². The van der Waals surface area contributed by atoms with E-state index in [-0.39, 0.29) is 11.8 Å². The molecule has 1 rings (SSSR count). The highest BCUT2D eigenvalue weighted by atomic mass is 16.2. The molecule has 0 radical (unpaired) electrons. The minimum atomic E-state index is -0.0943. The number of carbonyl (C=O) groups is 2. The quantitative estimate of drug-likeness (QED) is 0.714. The number of nitrogens with one attached hydrogen (secondary N) is 2. The maximum atomic E-state index is 11.7. The first-order valence-corrected chi connectivity index (χ1v) is 5.92. The van der Waals surface area contributed by atoms with E-state index in [0.29, 0.717) is 19.5 Å². The van der Waals surface area contributed by atoms with Crippen molar-refractivity contribution in [2.45, 2.75) is 27.2 Å². The molecule has 1 aromatic rings. The highest BCUT2D eigenvalue weighted by Crippen LogP contribution is 2.12. The van der Waals surface area contributed by atoms with Crippen LogP contribution in [-0.2, 0) is 23.1 Å². The molecule has 1 aromatic heterocycles. The molecular weight excluding hydrogens is 232 g/mol. The minimum absolute atomic E-state index is 0.0560. The van der Waals surface area contributed by atoms with Gasteiger partial charge in [-0.15, -0.1) is 0 Å². The summed E-state index contributed by atoms with van der Waals surface area (Å²) in [5.74, 6) is -0.150. The third-order valence-corrected chi connectivity index (χ3v) is 2.82. The summed E-state index contributed by atoms with van der Waals surface area (Å²) >= 11 is 0. The lowest BCUT2D eigenvalue weighted by Crippen LogP contribution is -2.34. The maximum Gasteiger partial charge on any atom is 0.224 e. The lowest BCUT2D eigenvalue weighted by molar-refractivity contribution is -0.121. The van der Waals surface area contributed by atoms with Crippen molar-refractivity contribution in [1.29, 1.82) is 0 Å². The van der Waals surface area contributed by atoms with Gasteiger partial charge >= 0.3 is 0 Å². The van der Waals surface area contributed by atoms with Crippen molar-refractivity contribution in [3.63, 3.8) is 0 Å². The van der Waals surface area contributed by atoms with Crippen molar-refractivity contribution >= 4 is 11.8 Å². The predicted octanol–water partition coefficient (Wildman–Crippen LogP) is -0.168. The Morgan fingerprint density at radius 1 is 1.22 bits per heavy atom. The molecule has 0 fully saturated rings. The highest BCUT2D eigenvalue weighted by Gasteiger charge is 2.12. The molecule has 0 aliphatic rings. The third kappa shape index (κ3) is 3.87. The Morgan fingerprint density at radius 2 is 1.83 bits per heavy atom. The molecule has 0 aliphatic heterocycles. The third-order valence-electron chi connectivity index (χ3n) is 2.82. The van der Waals surface area contributed by atoms with Crippen molar-refractivity contribution in [1.82, 2.24) is 20.4 Å². The number of rotatable bonds is 5. The van der Waals surface area contributed by atoms with E-state index in [9.17, 15) is 9.59 Å². The molecule has 2 N–H and O–H groups in total. The minimum Gasteiger partial charge on any atom is -0.355 e. The van der Waals surface area contributed by atoms with Gasteiger partial charge in [0.05, 0.1) is 12.1 Å². The van der Waals surface area contributed by atoms with E-state index >= 15 is 0 Å². The molecular formula is C12H20N4O2. The van der Waals surface area contributed by atoms with Crippen LogP contribution in [0.2, 0.25) is 0 Å². The van der Waals surface area contributed by atoms with Crippen molar-refractivity contribution in [2.24, 2.45) is 7.05 Å². The van der Waals surface area contributed by atoms with E-state index in [4.69, 9.17) is 0 Å². The molecule has 0 unspecified atom stereocenters. The van der Waals surface area contributed by atoms with Crippen molar-refractivity contribution < 1.29 is 9.59 Å². The van der Waals surface area contributed by atoms with Crippen LogP contribution in [0.3, 0.4) is 0 Å². The van der Waals surface area contributed by atoms with E-state index in [1.54, 1.807) is 4.68 Å². The van der Waals surface area contributed by atoms with Gasteiger partial charge in [-0.1, -0.05) is 0 Å². The normalized spacial score (nSPS) is 10.2. The van der Waals surface area contributed by atoms with E-state index in [0.717, 1.165) is 17.0 Å². The zero-order valence-electron chi connectivity index (χ0n) is 11.3. The van der Waals surface area contributed by atoms with Gasteiger partial charge < -0.3 is 10.6 Å². The van der Waals surface area contributed by atoms with E-state index in [1.807, 2.05) is 20.9 Å². The largest absolute Gasteiger partial charge is 0.355 e. The van der Waals surface area contributed by atoms with Crippen LogP contribution < -0.4 is 10.6 Å². The van der Waals surface area contributed by atoms with E-state index in [2.05, 4.69) is 15.7 Å². The Labute approximate surface area is 107 Å². The first-order chi connectivity index (χ1) is 8.41. The van der Waals surface area contributed by atoms with Gasteiger partial charge in [0.1, 0.15) is 0 Å². The first kappa shape index (κ1) is 14.2. The molecule has 0 bridgehead atoms. The summed E-state index contributed by atoms with van der Waals surface area (Å²) in [6.45, 7) is 6.18. The van der Waals surface area contributed by atoms with E-state index in [1.165, 1.54) is 6.92 Å². The molecule has 2 amide bonds. The SMILES string of the molecule is CC(=O)NCCNC(=O)Cc1c(C)nn(C)c1C. The van der Waals surface area contributed by atoms with Crippen molar-refractivity contribution in [3.8, 4) is 0 Å². The second-order valence-electron chi connectivity index (χ2n) is 4.28. The Bertz CT molecular complexity index is 451. The summed E-state index contributed by atoms with van der Waals surface area (Å²) in [6, 6.07) is 0. The lowest BCUT2D eigenvalue weighted by Gasteiger charge is -2.06. The van der Waals surface area contributed by atoms with Crippen LogP contribution in [0.25, 0.3) is 0 Å². The molecule has 1 heterocycles. The summed E-state index contributed by atoms with van der Waals surface area (Å²) in [7, 11) is 1.86. The monoisotopic (exact) mass is 252 g/mol. The molecule has 0 saturated heterocycles. The topological polar surface area (TPSA) is 76.0 Å². The van der Waals surface area contributed by atoms with Crippen molar-refractivity contribution in [2.75, 3.05) is 13.1 Å². The second kappa shape index (κ2) is 6.18. The molecule has 6 heteroatoms. The summed E-state index contributed by atoms with van der Waals surface area (Å²) in [5.41, 5.74) is 2.85. The summed E-state index contributed by atoms with van der Waals surface area (Å²) in [4.78, 5) is 22.3. The van der Waals surface area contributed by atoms with Gasteiger partial charge in [0.25, 0.3) is 0 Å². The first-order valence-electron chi connectivity index (χ1n) is 5.92. The molecule has 6 nitrogen and oxygen atoms in total. The predicted molar refractivity (Wildman–Crippen MR) is 68.1 cm³/mol. The van der Waals surface area contributed by atoms with Crippen LogP contribution >= 0.6 is 0 Å². The lowest BCUT2D eigenvalue weighted by atomic mass is 10.1. The number of nitrogens with zero attached hydrogens (tertiary/aromatic N) is 2. The Hall–Kier alpha value is -1.85. The molecule has 0 aliphatic carbocycles. The standard InChI is InChI=1S/C12H20N4O2/c1-8-11(9(2)16(4)15-8)7-12(18)14-6-5-13-10(3)17/h5-7H2,1-4H3,(H,13,17)(H,14,18). The number of carbonyl (C=O) groups excluding carboxylic acids is 2. The maximum absolute atomic E-state index is 11.7. The van der Waals surface area contributed by atoms with Gasteiger partial charge in [-0.25, -0.2) is 0 Å². The van der Waals surface area contributed by atoms with Crippen molar-refractivity contribution in [3.05, 3.63) is 17.0 Å². The van der Waals surface area contributed by atoms with Gasteiger partial charge in [-0.05, 0) is 13.8 Å². The fourth-order valence-corrected chi connectivity index (χ4v) is 1.74. The summed E-state index contributed by atoms with van der Waals surface area (Å²) in [6.07, 6.45) is 0.325. The van der Waals surface area contributed by atoms with Crippen LogP contribution in [0.1, 0.15) is 23.9 Å². The van der Waals surface area contributed by atoms with Gasteiger partial charge in [0, 0.05) is 38.3 Å². The zero-order chi connectivity index (χ0) is 13.7. The fourth-order valence-electron chi connectivity index (χ4n) is 1.74. The number of amides is 2. The number of aryl methyl sites for hydroxylation is 2. The summed E-state index contributed by atoms with van der Waals surface area (Å²) in [5, 5.41) is 9.64. The zero-order valence-corrected chi connectivity index (χ0v) is 11.3. The van der Waals surface area contributed by atoms with Crippen LogP contribution in [0.4, 0.5) is 0 Å². The Balaban J connectivity index is 2.42. The average Bonchev–Trinajstić information content (AvgIpc) is 2.51. The smallest absolute Gasteiger partial charge is 0.224 e. The van der Waals surface area contributed by atoms with Crippen LogP contribution in [0, 0.1) is 13.8 Å². The number of aromatic nitrogens is 2. The van der Waals surface area contributed by atoms with Crippen LogP contribution in [0.15, 0.2) is 0 Å². The Morgan fingerprint density at radius 3 is 2.33 bits per heavy atom. The van der Waals surface area contributed by atoms with Gasteiger partial charge in [0.15, 0.2) is 0 Å². The number of hydrogen-bond donors (Lipinski definition) is 2. The van der Waals surface area contributed by atoms with Gasteiger partial charge in [-0.3, -0.25) is 14.3 Å². The molecule has 100 valence electrons. The average molecular weight is 252 g/mol. The molecule has 0 spiro atoms. The van der Waals surface area contributed by atoms with Gasteiger partial charge in [-0.2, -0.15) is 5.10 Å². The second-order valence-corrected chi connectivity index (χ2v) is 4.28. The number of hydrogen-bond acceptors (Lipinski definition) is 3. The van der Waals surface area contributed by atoms with E-state index < -0.39 is 0 Å². The molecule has 0 saturated carbocycles. The van der Waals surface area contributed by atoms with Crippen LogP contribution in [-0.4, -0.2) is 34.7 Å². The molecule has 0 atom stereocenters. The fraction of sp³-hybridized carbons (Fsp3) is 0.583. The summed E-state index contributed by atoms with van der Waals surface area (Å²) < 4.78 is 1.77. The highest BCUT2D eigenvalue weighted by molar-refractivity contribution is 5.79. The molecule has 0 aromatic carbocycles. The molecule has 18 heavy (non-hydrogen) atoms.